The molecule has 5 heteroatoms. The van der Waals surface area contributed by atoms with Crippen LogP contribution >= 0.6 is 0 Å². The van der Waals surface area contributed by atoms with E-state index in [-0.39, 0.29) is 11.8 Å². The van der Waals surface area contributed by atoms with E-state index in [0.717, 1.165) is 22.4 Å². The van der Waals surface area contributed by atoms with Crippen molar-refractivity contribution in [2.75, 3.05) is 38.0 Å². The van der Waals surface area contributed by atoms with E-state index in [0.29, 0.717) is 32.7 Å². The maximum absolute atomic E-state index is 12.4. The van der Waals surface area contributed by atoms with Gasteiger partial charge < -0.3 is 10.2 Å². The van der Waals surface area contributed by atoms with Gasteiger partial charge in [0.1, 0.15) is 0 Å². The van der Waals surface area contributed by atoms with Crippen molar-refractivity contribution in [2.24, 2.45) is 0 Å². The van der Waals surface area contributed by atoms with Crippen molar-refractivity contribution in [2.45, 2.75) is 13.8 Å². The molecule has 1 heterocycles. The average molecular weight is 377 g/mol. The second-order valence-electron chi connectivity index (χ2n) is 7.14. The Labute approximate surface area is 166 Å². The summed E-state index contributed by atoms with van der Waals surface area (Å²) in [6.07, 6.45) is 3.46. The van der Waals surface area contributed by atoms with E-state index in [1.54, 1.807) is 6.08 Å². The van der Waals surface area contributed by atoms with E-state index in [2.05, 4.69) is 10.2 Å². The zero-order valence-corrected chi connectivity index (χ0v) is 16.5. The van der Waals surface area contributed by atoms with E-state index >= 15 is 0 Å². The van der Waals surface area contributed by atoms with Crippen LogP contribution in [0.4, 0.5) is 5.69 Å². The first-order chi connectivity index (χ1) is 13.5. The fraction of sp³-hybridized carbons (Fsp3) is 0.304. The molecule has 2 aromatic rings. The van der Waals surface area contributed by atoms with E-state index in [1.165, 1.54) is 0 Å². The normalized spacial score (nSPS) is 15.0. The van der Waals surface area contributed by atoms with E-state index in [4.69, 9.17) is 0 Å². The molecule has 1 aliphatic heterocycles. The Morgan fingerprint density at radius 2 is 1.68 bits per heavy atom. The first kappa shape index (κ1) is 19.8. The summed E-state index contributed by atoms with van der Waals surface area (Å²) < 4.78 is 0. The lowest BCUT2D eigenvalue weighted by atomic mass is 10.1. The third-order valence-corrected chi connectivity index (χ3v) is 5.15. The maximum Gasteiger partial charge on any atom is 0.246 e. The van der Waals surface area contributed by atoms with Crippen LogP contribution in [-0.2, 0) is 9.59 Å². The summed E-state index contributed by atoms with van der Waals surface area (Å²) >= 11 is 0. The molecule has 2 amide bonds. The molecule has 0 atom stereocenters. The van der Waals surface area contributed by atoms with Crippen LogP contribution in [0.15, 0.2) is 54.6 Å². The number of hydrogen-bond acceptors (Lipinski definition) is 3. The van der Waals surface area contributed by atoms with E-state index < -0.39 is 0 Å². The minimum absolute atomic E-state index is 0.0163. The predicted octanol–water partition coefficient (Wildman–Crippen LogP) is 3.10. The Balaban J connectivity index is 1.46. The van der Waals surface area contributed by atoms with Gasteiger partial charge in [-0.1, -0.05) is 42.5 Å². The minimum atomic E-state index is -0.0163. The summed E-state index contributed by atoms with van der Waals surface area (Å²) in [6.45, 7) is 7.06. The largest absolute Gasteiger partial charge is 0.337 e. The number of benzene rings is 2. The number of carbonyl (C=O) groups excluding carboxylic acids is 2. The van der Waals surface area contributed by atoms with Gasteiger partial charge in [0.2, 0.25) is 11.8 Å². The van der Waals surface area contributed by atoms with Gasteiger partial charge in [-0.15, -0.1) is 0 Å². The molecule has 1 aliphatic rings. The molecule has 0 spiro atoms. The number of nitrogens with one attached hydrogen (secondary N) is 1. The first-order valence-electron chi connectivity index (χ1n) is 9.63. The number of aryl methyl sites for hydroxylation is 1. The van der Waals surface area contributed by atoms with Crippen molar-refractivity contribution in [3.63, 3.8) is 0 Å². The minimum Gasteiger partial charge on any atom is -0.337 e. The number of hydrogen-bond donors (Lipinski definition) is 1. The van der Waals surface area contributed by atoms with Crippen molar-refractivity contribution >= 4 is 23.6 Å². The van der Waals surface area contributed by atoms with Crippen LogP contribution in [0.3, 0.4) is 0 Å². The molecular weight excluding hydrogens is 350 g/mol. The molecule has 1 fully saturated rings. The summed E-state index contributed by atoms with van der Waals surface area (Å²) in [4.78, 5) is 28.6. The van der Waals surface area contributed by atoms with Gasteiger partial charge in [-0.05, 0) is 42.7 Å². The third kappa shape index (κ3) is 5.30. The SMILES string of the molecule is Cc1cccc(NC(=O)CN2CCN(C(=O)C=Cc3ccccc3)CC2)c1C. The molecule has 3 rings (SSSR count). The molecule has 0 unspecified atom stereocenters. The molecule has 0 aliphatic carbocycles. The summed E-state index contributed by atoms with van der Waals surface area (Å²) in [6, 6.07) is 15.7. The molecule has 1 saturated heterocycles. The highest BCUT2D eigenvalue weighted by Gasteiger charge is 2.21. The molecular formula is C23H27N3O2. The van der Waals surface area contributed by atoms with Crippen molar-refractivity contribution < 1.29 is 9.59 Å². The lowest BCUT2D eigenvalue weighted by Gasteiger charge is -2.33. The lowest BCUT2D eigenvalue weighted by molar-refractivity contribution is -0.127. The summed E-state index contributed by atoms with van der Waals surface area (Å²) in [7, 11) is 0. The number of piperazine rings is 1. The van der Waals surface area contributed by atoms with Gasteiger partial charge >= 0.3 is 0 Å². The van der Waals surface area contributed by atoms with Crippen LogP contribution in [0.5, 0.6) is 0 Å². The van der Waals surface area contributed by atoms with Gasteiger partial charge in [0.05, 0.1) is 6.54 Å². The highest BCUT2D eigenvalue weighted by molar-refractivity contribution is 5.93. The third-order valence-electron chi connectivity index (χ3n) is 5.15. The van der Waals surface area contributed by atoms with Gasteiger partial charge in [-0.2, -0.15) is 0 Å². The summed E-state index contributed by atoms with van der Waals surface area (Å²) in [5.74, 6) is 0.000732. The van der Waals surface area contributed by atoms with Crippen LogP contribution in [0.25, 0.3) is 6.08 Å². The molecule has 1 N–H and O–H groups in total. The topological polar surface area (TPSA) is 52.7 Å². The van der Waals surface area contributed by atoms with E-state index in [9.17, 15) is 9.59 Å². The maximum atomic E-state index is 12.4. The number of nitrogens with zero attached hydrogens (tertiary/aromatic N) is 2. The van der Waals surface area contributed by atoms with Gasteiger partial charge in [0.15, 0.2) is 0 Å². The molecule has 2 aromatic carbocycles. The predicted molar refractivity (Wildman–Crippen MR) is 113 cm³/mol. The Hall–Kier alpha value is -2.92. The molecule has 146 valence electrons. The van der Waals surface area contributed by atoms with Crippen molar-refractivity contribution in [3.05, 3.63) is 71.3 Å². The average Bonchev–Trinajstić information content (AvgIpc) is 2.71. The van der Waals surface area contributed by atoms with E-state index in [1.807, 2.05) is 73.4 Å². The second-order valence-corrected chi connectivity index (χ2v) is 7.14. The lowest BCUT2D eigenvalue weighted by Crippen LogP contribution is -2.50. The summed E-state index contributed by atoms with van der Waals surface area (Å²) in [5.41, 5.74) is 4.13. The van der Waals surface area contributed by atoms with Crippen LogP contribution in [0.1, 0.15) is 16.7 Å². The fourth-order valence-electron chi connectivity index (χ4n) is 3.24. The van der Waals surface area contributed by atoms with Gasteiger partial charge in [-0.25, -0.2) is 0 Å². The van der Waals surface area contributed by atoms with Crippen LogP contribution < -0.4 is 5.32 Å². The highest BCUT2D eigenvalue weighted by Crippen LogP contribution is 2.18. The Kier molecular flexibility index (Phi) is 6.61. The standard InChI is InChI=1S/C23H27N3O2/c1-18-7-6-10-21(19(18)2)24-22(27)17-25-13-15-26(16-14-25)23(28)12-11-20-8-4-3-5-9-20/h3-12H,13-17H2,1-2H3,(H,24,27). The smallest absolute Gasteiger partial charge is 0.246 e. The fourth-order valence-corrected chi connectivity index (χ4v) is 3.24. The monoisotopic (exact) mass is 377 g/mol. The van der Waals surface area contributed by atoms with Crippen molar-refractivity contribution in [3.8, 4) is 0 Å². The Morgan fingerprint density at radius 3 is 2.39 bits per heavy atom. The van der Waals surface area contributed by atoms with Gasteiger partial charge in [0, 0.05) is 37.9 Å². The van der Waals surface area contributed by atoms with Crippen molar-refractivity contribution in [1.82, 2.24) is 9.80 Å². The van der Waals surface area contributed by atoms with Gasteiger partial charge in [0.25, 0.3) is 0 Å². The molecule has 28 heavy (non-hydrogen) atoms. The van der Waals surface area contributed by atoms with Crippen LogP contribution in [0, 0.1) is 13.8 Å². The van der Waals surface area contributed by atoms with Crippen LogP contribution in [0.2, 0.25) is 0 Å². The Morgan fingerprint density at radius 1 is 0.964 bits per heavy atom. The zero-order chi connectivity index (χ0) is 19.9. The number of rotatable bonds is 5. The number of amides is 2. The zero-order valence-electron chi connectivity index (χ0n) is 16.5. The Bertz CT molecular complexity index is 853. The van der Waals surface area contributed by atoms with Crippen molar-refractivity contribution in [1.29, 1.82) is 0 Å². The summed E-state index contributed by atoms with van der Waals surface area (Å²) in [5, 5.41) is 3.00. The molecule has 5 nitrogen and oxygen atoms in total. The molecule has 0 saturated carbocycles. The number of anilines is 1. The second kappa shape index (κ2) is 9.33. The highest BCUT2D eigenvalue weighted by atomic mass is 16.2. The molecule has 0 radical (unpaired) electrons. The van der Waals surface area contributed by atoms with Gasteiger partial charge in [-0.3, -0.25) is 14.5 Å². The van der Waals surface area contributed by atoms with Crippen LogP contribution in [-0.4, -0.2) is 54.3 Å². The molecule has 0 bridgehead atoms. The first-order valence-corrected chi connectivity index (χ1v) is 9.63. The molecule has 0 aromatic heterocycles. The quantitative estimate of drug-likeness (QED) is 0.815. The number of carbonyl (C=O) groups is 2.